The van der Waals surface area contributed by atoms with Crippen molar-refractivity contribution in [1.29, 1.82) is 0 Å². The molecule has 2 saturated heterocycles. The van der Waals surface area contributed by atoms with E-state index in [0.717, 1.165) is 73.8 Å². The fourth-order valence-electron chi connectivity index (χ4n) is 4.94. The summed E-state index contributed by atoms with van der Waals surface area (Å²) in [4.78, 5) is 9.48. The molecular formula is C26H31N5O2S. The molecule has 0 aliphatic carbocycles. The molecule has 2 atom stereocenters. The van der Waals surface area contributed by atoms with Gasteiger partial charge < -0.3 is 24.3 Å². The van der Waals surface area contributed by atoms with Gasteiger partial charge in [-0.05, 0) is 55.0 Å². The van der Waals surface area contributed by atoms with Gasteiger partial charge in [-0.25, -0.2) is 0 Å². The standard InChI is InChI=1S/C26H31N5O2S/c1-32-23-11-3-2-9-21(23)30-14-6-10-22(30)25-24(20-8-4-5-12-27-20)28-26(34)31(25)15-7-13-29-16-18-33-19-17-29/h2-6,8-12,14,24-25H,7,13,15-19H2,1H3,(H,28,34)/t24-,25-/m1/s1. The molecule has 0 unspecified atom stereocenters. The number of hydrogen-bond acceptors (Lipinski definition) is 5. The molecule has 4 heterocycles. The highest BCUT2D eigenvalue weighted by atomic mass is 32.1. The smallest absolute Gasteiger partial charge is 0.170 e. The van der Waals surface area contributed by atoms with Gasteiger partial charge in [0.15, 0.2) is 5.11 Å². The number of thiocarbonyl (C=S) groups is 1. The van der Waals surface area contributed by atoms with Gasteiger partial charge in [0.2, 0.25) is 0 Å². The number of methoxy groups -OCH3 is 1. The van der Waals surface area contributed by atoms with Crippen LogP contribution in [-0.4, -0.2) is 71.0 Å². The molecule has 0 spiro atoms. The second kappa shape index (κ2) is 10.5. The molecule has 34 heavy (non-hydrogen) atoms. The number of nitrogens with one attached hydrogen (secondary N) is 1. The fraction of sp³-hybridized carbons (Fsp3) is 0.385. The number of rotatable bonds is 8. The molecule has 178 valence electrons. The maximum atomic E-state index is 5.87. The third-order valence-electron chi connectivity index (χ3n) is 6.60. The van der Waals surface area contributed by atoms with Crippen molar-refractivity contribution < 1.29 is 9.47 Å². The Morgan fingerprint density at radius 3 is 2.68 bits per heavy atom. The van der Waals surface area contributed by atoms with Crippen LogP contribution in [0.15, 0.2) is 67.0 Å². The maximum absolute atomic E-state index is 5.87. The van der Waals surface area contributed by atoms with Gasteiger partial charge in [0.1, 0.15) is 5.75 Å². The predicted octanol–water partition coefficient (Wildman–Crippen LogP) is 3.58. The lowest BCUT2D eigenvalue weighted by atomic mass is 10.0. The van der Waals surface area contributed by atoms with Gasteiger partial charge in [-0.15, -0.1) is 0 Å². The summed E-state index contributed by atoms with van der Waals surface area (Å²) in [6.45, 7) is 5.55. The topological polar surface area (TPSA) is 54.8 Å². The molecule has 2 fully saturated rings. The highest BCUT2D eigenvalue weighted by Crippen LogP contribution is 2.40. The zero-order valence-electron chi connectivity index (χ0n) is 19.5. The molecule has 0 amide bonds. The van der Waals surface area contributed by atoms with Crippen LogP contribution in [0.2, 0.25) is 0 Å². The van der Waals surface area contributed by atoms with Gasteiger partial charge in [-0.1, -0.05) is 18.2 Å². The van der Waals surface area contributed by atoms with Gasteiger partial charge >= 0.3 is 0 Å². The van der Waals surface area contributed by atoms with E-state index in [0.29, 0.717) is 0 Å². The molecule has 0 radical (unpaired) electrons. The Labute approximate surface area is 206 Å². The van der Waals surface area contributed by atoms with E-state index in [4.69, 9.17) is 21.7 Å². The summed E-state index contributed by atoms with van der Waals surface area (Å²) in [6.07, 6.45) is 4.97. The van der Waals surface area contributed by atoms with Crippen LogP contribution in [-0.2, 0) is 4.74 Å². The Kier molecular flexibility index (Phi) is 7.08. The van der Waals surface area contributed by atoms with E-state index in [-0.39, 0.29) is 12.1 Å². The summed E-state index contributed by atoms with van der Waals surface area (Å²) >= 11 is 5.87. The number of aromatic nitrogens is 2. The summed E-state index contributed by atoms with van der Waals surface area (Å²) in [5, 5.41) is 4.34. The number of nitrogens with zero attached hydrogens (tertiary/aromatic N) is 4. The van der Waals surface area contributed by atoms with Crippen molar-refractivity contribution in [3.63, 3.8) is 0 Å². The van der Waals surface area contributed by atoms with Crippen LogP contribution in [0.4, 0.5) is 0 Å². The Morgan fingerprint density at radius 1 is 1.06 bits per heavy atom. The summed E-state index contributed by atoms with van der Waals surface area (Å²) in [7, 11) is 1.71. The molecule has 7 nitrogen and oxygen atoms in total. The zero-order valence-corrected chi connectivity index (χ0v) is 20.3. The van der Waals surface area contributed by atoms with Crippen molar-refractivity contribution in [2.24, 2.45) is 0 Å². The lowest BCUT2D eigenvalue weighted by molar-refractivity contribution is 0.0365. The zero-order chi connectivity index (χ0) is 23.3. The predicted molar refractivity (Wildman–Crippen MR) is 136 cm³/mol. The third kappa shape index (κ3) is 4.66. The Bertz CT molecular complexity index is 1100. The minimum Gasteiger partial charge on any atom is -0.495 e. The van der Waals surface area contributed by atoms with Gasteiger partial charge in [0.25, 0.3) is 0 Å². The number of morpholine rings is 1. The fourth-order valence-corrected chi connectivity index (χ4v) is 5.27. The summed E-state index contributed by atoms with van der Waals surface area (Å²) in [6, 6.07) is 18.4. The van der Waals surface area contributed by atoms with Crippen LogP contribution in [0.25, 0.3) is 5.69 Å². The number of benzene rings is 1. The van der Waals surface area contributed by atoms with Crippen molar-refractivity contribution in [2.45, 2.75) is 18.5 Å². The van der Waals surface area contributed by atoms with Crippen LogP contribution in [0, 0.1) is 0 Å². The molecule has 1 N–H and O–H groups in total. The summed E-state index contributed by atoms with van der Waals surface area (Å²) in [5.74, 6) is 0.835. The number of pyridine rings is 1. The second-order valence-corrected chi connectivity index (χ2v) is 8.99. The van der Waals surface area contributed by atoms with Gasteiger partial charge in [-0.3, -0.25) is 9.88 Å². The van der Waals surface area contributed by atoms with E-state index in [9.17, 15) is 0 Å². The van der Waals surface area contributed by atoms with E-state index >= 15 is 0 Å². The lowest BCUT2D eigenvalue weighted by Crippen LogP contribution is -2.39. The number of para-hydroxylation sites is 2. The van der Waals surface area contributed by atoms with Crippen LogP contribution < -0.4 is 10.1 Å². The van der Waals surface area contributed by atoms with E-state index in [2.05, 4.69) is 55.1 Å². The normalized spacial score (nSPS) is 21.0. The number of ether oxygens (including phenoxy) is 2. The Morgan fingerprint density at radius 2 is 1.88 bits per heavy atom. The maximum Gasteiger partial charge on any atom is 0.170 e. The Hall–Kier alpha value is -2.94. The number of hydrogen-bond donors (Lipinski definition) is 1. The van der Waals surface area contributed by atoms with Crippen molar-refractivity contribution in [2.75, 3.05) is 46.5 Å². The first kappa shape index (κ1) is 22.8. The molecule has 2 aliphatic heterocycles. The summed E-state index contributed by atoms with van der Waals surface area (Å²) < 4.78 is 13.4. The molecule has 2 aliphatic rings. The first-order chi connectivity index (χ1) is 16.8. The molecule has 8 heteroatoms. The molecule has 2 aromatic heterocycles. The molecule has 0 bridgehead atoms. The molecule has 3 aromatic rings. The van der Waals surface area contributed by atoms with Crippen molar-refractivity contribution in [3.8, 4) is 11.4 Å². The monoisotopic (exact) mass is 477 g/mol. The van der Waals surface area contributed by atoms with Crippen LogP contribution >= 0.6 is 12.2 Å². The SMILES string of the molecule is COc1ccccc1-n1cccc1[C@@H]1[C@@H](c2ccccn2)NC(=S)N1CCCN1CCOCC1. The van der Waals surface area contributed by atoms with Crippen molar-refractivity contribution in [1.82, 2.24) is 24.7 Å². The van der Waals surface area contributed by atoms with Gasteiger partial charge in [0, 0.05) is 44.3 Å². The summed E-state index contributed by atoms with van der Waals surface area (Å²) in [5.41, 5.74) is 3.15. The molecular weight excluding hydrogens is 446 g/mol. The Balaban J connectivity index is 1.46. The van der Waals surface area contributed by atoms with Crippen molar-refractivity contribution in [3.05, 3.63) is 78.4 Å². The first-order valence-electron chi connectivity index (χ1n) is 11.8. The molecule has 0 saturated carbocycles. The lowest BCUT2D eigenvalue weighted by Gasteiger charge is -2.31. The van der Waals surface area contributed by atoms with E-state index in [1.807, 2.05) is 36.5 Å². The third-order valence-corrected chi connectivity index (χ3v) is 6.96. The average molecular weight is 478 g/mol. The van der Waals surface area contributed by atoms with Crippen LogP contribution in [0.1, 0.15) is 29.9 Å². The highest BCUT2D eigenvalue weighted by molar-refractivity contribution is 7.80. The second-order valence-electron chi connectivity index (χ2n) is 8.60. The van der Waals surface area contributed by atoms with Gasteiger partial charge in [-0.2, -0.15) is 0 Å². The minimum atomic E-state index is -0.0413. The quantitative estimate of drug-likeness (QED) is 0.498. The van der Waals surface area contributed by atoms with Crippen LogP contribution in [0.5, 0.6) is 5.75 Å². The largest absolute Gasteiger partial charge is 0.495 e. The molecule has 1 aromatic carbocycles. The minimum absolute atomic E-state index is 0.00648. The molecule has 5 rings (SSSR count). The highest BCUT2D eigenvalue weighted by Gasteiger charge is 2.41. The van der Waals surface area contributed by atoms with E-state index in [1.54, 1.807) is 7.11 Å². The van der Waals surface area contributed by atoms with Crippen LogP contribution in [0.3, 0.4) is 0 Å². The average Bonchev–Trinajstić information content (AvgIpc) is 3.49. The van der Waals surface area contributed by atoms with E-state index in [1.165, 1.54) is 0 Å². The first-order valence-corrected chi connectivity index (χ1v) is 12.3. The van der Waals surface area contributed by atoms with E-state index < -0.39 is 0 Å². The van der Waals surface area contributed by atoms with Gasteiger partial charge in [0.05, 0.1) is 43.8 Å². The van der Waals surface area contributed by atoms with Crippen molar-refractivity contribution >= 4 is 17.3 Å².